The van der Waals surface area contributed by atoms with Gasteiger partial charge in [0.2, 0.25) is 0 Å². The van der Waals surface area contributed by atoms with Crippen LogP contribution in [0.15, 0.2) is 81.2 Å². The fourth-order valence-corrected chi connectivity index (χ4v) is 13.1. The Morgan fingerprint density at radius 3 is 2.42 bits per heavy atom. The molecule has 2 spiro atoms. The number of hydrogen-bond donors (Lipinski definition) is 1. The molecule has 7 aliphatic rings. The second-order valence-electron chi connectivity index (χ2n) is 20.5. The molecule has 6 fully saturated rings. The van der Waals surface area contributed by atoms with E-state index >= 15 is 13.6 Å². The largest absolute Gasteiger partial charge is 0.438 e. The van der Waals surface area contributed by atoms with Crippen molar-refractivity contribution in [2.75, 3.05) is 6.61 Å². The number of amides is 1. The van der Waals surface area contributed by atoms with E-state index in [1.165, 1.54) is 27.1 Å². The van der Waals surface area contributed by atoms with Gasteiger partial charge in [-0.05, 0) is 136 Å². The zero-order valence-electron chi connectivity index (χ0n) is 37.3. The molecule has 17 heteroatoms. The third-order valence-corrected chi connectivity index (χ3v) is 16.6. The summed E-state index contributed by atoms with van der Waals surface area (Å²) in [5, 5.41) is 14.9. The molecule has 1 unspecified atom stereocenters. The van der Waals surface area contributed by atoms with Crippen molar-refractivity contribution in [3.8, 4) is 17.2 Å². The number of aromatic amines is 1. The van der Waals surface area contributed by atoms with E-state index in [4.69, 9.17) is 14.4 Å². The van der Waals surface area contributed by atoms with Gasteiger partial charge in [0.1, 0.15) is 22.9 Å². The van der Waals surface area contributed by atoms with Crippen molar-refractivity contribution in [3.63, 3.8) is 0 Å². The number of fused-ring (bicyclic) bond motifs is 3. The summed E-state index contributed by atoms with van der Waals surface area (Å²) in [6.07, 6.45) is 11.3. The minimum atomic E-state index is -0.837. The molecule has 0 radical (unpaired) electrons. The lowest BCUT2D eigenvalue weighted by atomic mass is 9.71. The number of aryl methyl sites for hydroxylation is 3. The van der Waals surface area contributed by atoms with Gasteiger partial charge in [0.05, 0.1) is 51.4 Å². The van der Waals surface area contributed by atoms with E-state index in [2.05, 4.69) is 44.9 Å². The Morgan fingerprint density at radius 1 is 0.925 bits per heavy atom. The Kier molecular flexibility index (Phi) is 7.60. The normalized spacial score (nSPS) is 26.4. The first-order valence-electron chi connectivity index (χ1n) is 23.3. The van der Waals surface area contributed by atoms with E-state index in [-0.39, 0.29) is 40.2 Å². The number of aromatic nitrogens is 9. The molecule has 15 rings (SSSR count). The van der Waals surface area contributed by atoms with Gasteiger partial charge in [-0.1, -0.05) is 18.1 Å². The molecule has 3 aliphatic carbocycles. The van der Waals surface area contributed by atoms with Crippen LogP contribution in [-0.2, 0) is 23.7 Å². The molecule has 67 heavy (non-hydrogen) atoms. The topological polar surface area (TPSA) is 156 Å². The van der Waals surface area contributed by atoms with E-state index in [0.29, 0.717) is 58.4 Å². The van der Waals surface area contributed by atoms with Crippen molar-refractivity contribution in [1.82, 2.24) is 48.3 Å². The van der Waals surface area contributed by atoms with Crippen LogP contribution in [0.4, 0.5) is 8.78 Å². The number of benzene rings is 3. The molecule has 5 aromatic heterocycles. The van der Waals surface area contributed by atoms with Crippen LogP contribution in [0.25, 0.3) is 39.0 Å². The molecule has 8 aromatic rings. The molecule has 1 N–H and O–H groups in total. The number of H-pyrrole nitrogens is 1. The third kappa shape index (κ3) is 5.17. The van der Waals surface area contributed by atoms with Gasteiger partial charge >= 0.3 is 11.4 Å². The minimum Gasteiger partial charge on any atom is -0.375 e. The van der Waals surface area contributed by atoms with Crippen LogP contribution in [0.5, 0.6) is 0 Å². The smallest absolute Gasteiger partial charge is 0.375 e. The van der Waals surface area contributed by atoms with Gasteiger partial charge in [0, 0.05) is 48.9 Å². The highest BCUT2D eigenvalue weighted by Gasteiger charge is 2.68. The predicted molar refractivity (Wildman–Crippen MR) is 240 cm³/mol. The van der Waals surface area contributed by atoms with Crippen LogP contribution < -0.4 is 11.4 Å². The highest BCUT2D eigenvalue weighted by Crippen LogP contribution is 2.67. The van der Waals surface area contributed by atoms with Crippen LogP contribution in [-0.4, -0.2) is 72.0 Å². The number of halogens is 2. The van der Waals surface area contributed by atoms with Crippen LogP contribution in [0.3, 0.4) is 0 Å². The first-order chi connectivity index (χ1) is 32.3. The van der Waals surface area contributed by atoms with Gasteiger partial charge in [0.15, 0.2) is 11.6 Å². The van der Waals surface area contributed by atoms with Crippen molar-refractivity contribution >= 4 is 27.7 Å². The SMILES string of the molecule is Cc1cc(-n2nc3c(c2-n2ccn(-c4ccc5c(cnn5C)c4F)c2=O)C2C4CC(C3)(C4)N2C(=O)c2cc3cc([C@H]4CCOC5(CC5)C4)ccc3n2[C@]2(c3noc(=O)[nH]3)C[C@H]2C)cc(C)c1F. The lowest BCUT2D eigenvalue weighted by Crippen LogP contribution is -2.52. The number of hydrogen-bond acceptors (Lipinski definition) is 8. The second kappa shape index (κ2) is 13.0. The van der Waals surface area contributed by atoms with Crippen molar-refractivity contribution in [3.05, 3.63) is 139 Å². The van der Waals surface area contributed by atoms with Gasteiger partial charge in [-0.15, -0.1) is 0 Å². The van der Waals surface area contributed by atoms with Gasteiger partial charge in [-0.25, -0.2) is 23.1 Å². The molecule has 3 aromatic carbocycles. The number of nitrogens with zero attached hydrogens (tertiary/aromatic N) is 9. The zero-order valence-corrected chi connectivity index (χ0v) is 37.3. The summed E-state index contributed by atoms with van der Waals surface area (Å²) in [6.45, 7) is 6.21. The first kappa shape index (κ1) is 39.3. The summed E-state index contributed by atoms with van der Waals surface area (Å²) in [5.74, 6) is -0.520. The van der Waals surface area contributed by atoms with Crippen molar-refractivity contribution < 1.29 is 22.8 Å². The van der Waals surface area contributed by atoms with Gasteiger partial charge < -0.3 is 14.2 Å². The Bertz CT molecular complexity index is 3590. The average molecular weight is 905 g/mol. The van der Waals surface area contributed by atoms with E-state index in [1.807, 2.05) is 11.0 Å². The standard InChI is InChI=1S/C50H46F2N10O5/c1-25-15-32(16-26(2)40(25)51)62-43(59-13-12-58(47(59)65)37-8-7-36-33(41(37)52)24-53-57(36)4)39-34(55-62)23-48-20-31(21-48)42(39)61(48)44(63)38-18-30-17-28(29-9-14-66-49(22-29)10-11-49)5-6-35(30)60(38)50(19-27(50)3)45-54-46(64)67-56-45/h5-8,12-13,15-18,24,27,29,31,42H,9-11,14,19-23H2,1-4H3,(H,54,56,64)/t27-,29+,31?,42?,48?,50-/m1/s1. The Labute approximate surface area is 380 Å². The van der Waals surface area contributed by atoms with Crippen molar-refractivity contribution in [2.24, 2.45) is 18.9 Å². The van der Waals surface area contributed by atoms with Crippen LogP contribution in [0.1, 0.15) is 108 Å². The summed E-state index contributed by atoms with van der Waals surface area (Å²) >= 11 is 0. The Hall–Kier alpha value is -6.88. The lowest BCUT2D eigenvalue weighted by molar-refractivity contribution is -0.0132. The van der Waals surface area contributed by atoms with Crippen LogP contribution >= 0.6 is 0 Å². The second-order valence-corrected chi connectivity index (χ2v) is 20.5. The Balaban J connectivity index is 0.943. The van der Waals surface area contributed by atoms with E-state index in [0.717, 1.165) is 67.3 Å². The summed E-state index contributed by atoms with van der Waals surface area (Å²) in [4.78, 5) is 48.3. The van der Waals surface area contributed by atoms with E-state index in [1.54, 1.807) is 60.7 Å². The number of ether oxygens (including phenoxy) is 1. The maximum Gasteiger partial charge on any atom is 0.438 e. The number of carbonyl (C=O) groups excluding carboxylic acids is 1. The van der Waals surface area contributed by atoms with Crippen LogP contribution in [0.2, 0.25) is 0 Å². The number of nitrogens with one attached hydrogen (secondary N) is 1. The molecule has 3 saturated carbocycles. The minimum absolute atomic E-state index is 0.0110. The lowest BCUT2D eigenvalue weighted by Gasteiger charge is -2.43. The van der Waals surface area contributed by atoms with Gasteiger partial charge in [-0.2, -0.15) is 10.2 Å². The third-order valence-electron chi connectivity index (χ3n) is 16.6. The molecule has 15 nitrogen and oxygen atoms in total. The molecular weight excluding hydrogens is 859 g/mol. The molecule has 4 atom stereocenters. The first-order valence-corrected chi connectivity index (χ1v) is 23.3. The highest BCUT2D eigenvalue weighted by molar-refractivity contribution is 6.01. The van der Waals surface area contributed by atoms with Crippen LogP contribution in [0, 0.1) is 37.3 Å². The van der Waals surface area contributed by atoms with E-state index < -0.39 is 34.4 Å². The molecule has 3 bridgehead atoms. The molecule has 3 saturated heterocycles. The molecular formula is C50H46F2N10O5. The fraction of sp³-hybridized carbons (Fsp3) is 0.400. The van der Waals surface area contributed by atoms with Gasteiger partial charge in [-0.3, -0.25) is 28.1 Å². The average Bonchev–Trinajstić information content (AvgIpc) is 3.68. The van der Waals surface area contributed by atoms with Crippen molar-refractivity contribution in [1.29, 1.82) is 0 Å². The predicted octanol–water partition coefficient (Wildman–Crippen LogP) is 7.34. The molecule has 4 aliphatic heterocycles. The molecule has 9 heterocycles. The summed E-state index contributed by atoms with van der Waals surface area (Å²) in [7, 11) is 1.73. The van der Waals surface area contributed by atoms with Gasteiger partial charge in [0.25, 0.3) is 5.91 Å². The van der Waals surface area contributed by atoms with E-state index in [9.17, 15) is 9.59 Å². The highest BCUT2D eigenvalue weighted by atomic mass is 19.1. The summed E-state index contributed by atoms with van der Waals surface area (Å²) < 4.78 is 50.9. The monoisotopic (exact) mass is 904 g/mol. The Morgan fingerprint density at radius 2 is 1.69 bits per heavy atom. The maximum absolute atomic E-state index is 16.3. The molecule has 1 amide bonds. The number of carbonyl (C=O) groups is 1. The summed E-state index contributed by atoms with van der Waals surface area (Å²) in [6, 6.07) is 14.8. The number of imidazole rings is 1. The zero-order chi connectivity index (χ0) is 45.6. The summed E-state index contributed by atoms with van der Waals surface area (Å²) in [5.41, 5.74) is 4.18. The van der Waals surface area contributed by atoms with Crippen molar-refractivity contribution in [2.45, 2.75) is 101 Å². The fourth-order valence-electron chi connectivity index (χ4n) is 13.1. The number of rotatable bonds is 7. The molecule has 340 valence electrons. The maximum atomic E-state index is 16.3. The quantitative estimate of drug-likeness (QED) is 0.174.